The lowest BCUT2D eigenvalue weighted by atomic mass is 10.0. The summed E-state index contributed by atoms with van der Waals surface area (Å²) in [5.41, 5.74) is 0.500. The van der Waals surface area contributed by atoms with Crippen molar-refractivity contribution < 1.29 is 18.0 Å². The first kappa shape index (κ1) is 18.9. The molecule has 1 N–H and O–H groups in total. The normalized spacial score (nSPS) is 14.1. The van der Waals surface area contributed by atoms with Gasteiger partial charge in [0.1, 0.15) is 0 Å². The van der Waals surface area contributed by atoms with E-state index in [0.717, 1.165) is 30.2 Å². The maximum absolute atomic E-state index is 13.1. The number of fused-ring (bicyclic) bond motifs is 1. The van der Waals surface area contributed by atoms with Gasteiger partial charge < -0.3 is 10.2 Å². The molecule has 0 saturated carbocycles. The van der Waals surface area contributed by atoms with Crippen LogP contribution >= 0.6 is 23.2 Å². The molecular weight excluding hydrogens is 388 g/mol. The summed E-state index contributed by atoms with van der Waals surface area (Å²) in [5.74, 6) is -0.564. The van der Waals surface area contributed by atoms with Gasteiger partial charge in [-0.15, -0.1) is 0 Å². The number of para-hydroxylation sites is 1. The molecule has 2 aromatic rings. The van der Waals surface area contributed by atoms with Crippen LogP contribution in [0, 0.1) is 0 Å². The van der Waals surface area contributed by atoms with E-state index >= 15 is 0 Å². The largest absolute Gasteiger partial charge is 0.418 e. The molecule has 1 aliphatic rings. The van der Waals surface area contributed by atoms with Gasteiger partial charge in [-0.25, -0.2) is 0 Å². The van der Waals surface area contributed by atoms with Gasteiger partial charge in [0.2, 0.25) is 5.91 Å². The lowest BCUT2D eigenvalue weighted by molar-refractivity contribution is -0.137. The molecule has 0 radical (unpaired) electrons. The van der Waals surface area contributed by atoms with Crippen molar-refractivity contribution in [3.8, 4) is 0 Å². The maximum atomic E-state index is 13.1. The molecule has 0 aliphatic carbocycles. The highest BCUT2D eigenvalue weighted by atomic mass is 35.5. The van der Waals surface area contributed by atoms with E-state index in [1.54, 1.807) is 6.07 Å². The Labute approximate surface area is 158 Å². The molecule has 0 atom stereocenters. The van der Waals surface area contributed by atoms with Gasteiger partial charge >= 0.3 is 6.18 Å². The van der Waals surface area contributed by atoms with Crippen molar-refractivity contribution in [1.29, 1.82) is 0 Å². The summed E-state index contributed by atoms with van der Waals surface area (Å²) >= 11 is 11.9. The molecule has 138 valence electrons. The molecule has 0 unspecified atom stereocenters. The summed E-state index contributed by atoms with van der Waals surface area (Å²) < 4.78 is 39.4. The van der Waals surface area contributed by atoms with Crippen molar-refractivity contribution in [2.45, 2.75) is 19.0 Å². The minimum Gasteiger partial charge on any atom is -0.362 e. The number of anilines is 2. The lowest BCUT2D eigenvalue weighted by Crippen LogP contribution is -2.37. The minimum absolute atomic E-state index is 0.0723. The van der Waals surface area contributed by atoms with Crippen LogP contribution in [0.25, 0.3) is 0 Å². The summed E-state index contributed by atoms with van der Waals surface area (Å²) in [7, 11) is 0. The Bertz CT molecular complexity index is 840. The zero-order chi connectivity index (χ0) is 18.9. The topological polar surface area (TPSA) is 32.3 Å². The fraction of sp³-hybridized carbons (Fsp3) is 0.278. The first-order valence-electron chi connectivity index (χ1n) is 7.94. The Morgan fingerprint density at radius 1 is 1.19 bits per heavy atom. The molecule has 0 bridgehead atoms. The summed E-state index contributed by atoms with van der Waals surface area (Å²) in [6.07, 6.45) is -2.93. The quantitative estimate of drug-likeness (QED) is 0.744. The van der Waals surface area contributed by atoms with Crippen molar-refractivity contribution in [3.05, 3.63) is 57.6 Å². The van der Waals surface area contributed by atoms with Crippen molar-refractivity contribution in [2.24, 2.45) is 0 Å². The van der Waals surface area contributed by atoms with E-state index in [1.807, 2.05) is 17.0 Å². The van der Waals surface area contributed by atoms with E-state index in [2.05, 4.69) is 5.32 Å². The SMILES string of the molecule is O=C(CN1CCCc2cc(Cl)ccc21)Nc1c(Cl)cccc1C(F)(F)F. The zero-order valence-corrected chi connectivity index (χ0v) is 15.0. The van der Waals surface area contributed by atoms with Crippen LogP contribution in [-0.2, 0) is 17.4 Å². The molecular formula is C18H15Cl2F3N2O. The molecule has 0 fully saturated rings. The van der Waals surface area contributed by atoms with Gasteiger partial charge in [0.05, 0.1) is 22.8 Å². The second-order valence-corrected chi connectivity index (χ2v) is 6.85. The zero-order valence-electron chi connectivity index (χ0n) is 13.5. The van der Waals surface area contributed by atoms with E-state index in [-0.39, 0.29) is 11.6 Å². The number of nitrogens with one attached hydrogen (secondary N) is 1. The van der Waals surface area contributed by atoms with Crippen molar-refractivity contribution in [2.75, 3.05) is 23.3 Å². The molecule has 8 heteroatoms. The Hall–Kier alpha value is -1.92. The molecule has 3 nitrogen and oxygen atoms in total. The highest BCUT2D eigenvalue weighted by Gasteiger charge is 2.35. The van der Waals surface area contributed by atoms with Crippen molar-refractivity contribution in [1.82, 2.24) is 0 Å². The average Bonchev–Trinajstić information content (AvgIpc) is 2.55. The van der Waals surface area contributed by atoms with Crippen LogP contribution in [-0.4, -0.2) is 19.0 Å². The number of carbonyl (C=O) groups excluding carboxylic acids is 1. The van der Waals surface area contributed by atoms with Crippen LogP contribution < -0.4 is 10.2 Å². The van der Waals surface area contributed by atoms with E-state index in [1.165, 1.54) is 12.1 Å². The average molecular weight is 403 g/mol. The predicted octanol–water partition coefficient (Wildman–Crippen LogP) is 5.40. The van der Waals surface area contributed by atoms with Crippen LogP contribution in [0.15, 0.2) is 36.4 Å². The molecule has 2 aromatic carbocycles. The van der Waals surface area contributed by atoms with E-state index in [0.29, 0.717) is 11.6 Å². The van der Waals surface area contributed by atoms with E-state index < -0.39 is 23.3 Å². The Balaban J connectivity index is 1.80. The number of hydrogen-bond donors (Lipinski definition) is 1. The predicted molar refractivity (Wildman–Crippen MR) is 97.1 cm³/mol. The molecule has 0 saturated heterocycles. The maximum Gasteiger partial charge on any atom is 0.418 e. The summed E-state index contributed by atoms with van der Waals surface area (Å²) in [6, 6.07) is 8.79. The highest BCUT2D eigenvalue weighted by Crippen LogP contribution is 2.38. The fourth-order valence-electron chi connectivity index (χ4n) is 3.05. The number of nitrogens with zero attached hydrogens (tertiary/aromatic N) is 1. The van der Waals surface area contributed by atoms with Gasteiger partial charge in [-0.05, 0) is 48.7 Å². The smallest absolute Gasteiger partial charge is 0.362 e. The Kier molecular flexibility index (Phi) is 5.34. The first-order chi connectivity index (χ1) is 12.3. The minimum atomic E-state index is -4.61. The van der Waals surface area contributed by atoms with Crippen molar-refractivity contribution in [3.63, 3.8) is 0 Å². The Morgan fingerprint density at radius 2 is 1.96 bits per heavy atom. The summed E-state index contributed by atoms with van der Waals surface area (Å²) in [6.45, 7) is 0.563. The van der Waals surface area contributed by atoms with Crippen LogP contribution in [0.4, 0.5) is 24.5 Å². The molecule has 0 spiro atoms. The van der Waals surface area contributed by atoms with Gasteiger partial charge in [0.25, 0.3) is 0 Å². The fourth-order valence-corrected chi connectivity index (χ4v) is 3.46. The molecule has 3 rings (SSSR count). The highest BCUT2D eigenvalue weighted by molar-refractivity contribution is 6.34. The number of carbonyl (C=O) groups is 1. The van der Waals surface area contributed by atoms with Gasteiger partial charge in [0.15, 0.2) is 0 Å². The second-order valence-electron chi connectivity index (χ2n) is 6.01. The number of alkyl halides is 3. The van der Waals surface area contributed by atoms with Gasteiger partial charge in [-0.1, -0.05) is 29.3 Å². The van der Waals surface area contributed by atoms with Crippen LogP contribution in [0.1, 0.15) is 17.5 Å². The third kappa shape index (κ3) is 4.07. The number of halogens is 5. The monoisotopic (exact) mass is 402 g/mol. The molecule has 1 aliphatic heterocycles. The van der Waals surface area contributed by atoms with E-state index in [9.17, 15) is 18.0 Å². The van der Waals surface area contributed by atoms with Gasteiger partial charge in [-0.3, -0.25) is 4.79 Å². The van der Waals surface area contributed by atoms with Crippen LogP contribution in [0.5, 0.6) is 0 Å². The standard InChI is InChI=1S/C18H15Cl2F3N2O/c19-12-6-7-15-11(9-12)3-2-8-25(15)10-16(26)24-17-13(18(21,22)23)4-1-5-14(17)20/h1,4-7,9H,2-3,8,10H2,(H,24,26). The third-order valence-electron chi connectivity index (χ3n) is 4.17. The first-order valence-corrected chi connectivity index (χ1v) is 8.70. The number of aryl methyl sites for hydroxylation is 1. The van der Waals surface area contributed by atoms with Crippen LogP contribution in [0.3, 0.4) is 0 Å². The summed E-state index contributed by atoms with van der Waals surface area (Å²) in [4.78, 5) is 14.2. The number of amides is 1. The molecule has 1 amide bonds. The van der Waals surface area contributed by atoms with Crippen LogP contribution in [0.2, 0.25) is 10.0 Å². The second kappa shape index (κ2) is 7.37. The summed E-state index contributed by atoms with van der Waals surface area (Å²) in [5, 5.41) is 2.77. The third-order valence-corrected chi connectivity index (χ3v) is 4.72. The Morgan fingerprint density at radius 3 is 2.69 bits per heavy atom. The van der Waals surface area contributed by atoms with Gasteiger partial charge in [-0.2, -0.15) is 13.2 Å². The van der Waals surface area contributed by atoms with E-state index in [4.69, 9.17) is 23.2 Å². The lowest BCUT2D eigenvalue weighted by Gasteiger charge is -2.31. The number of rotatable bonds is 3. The molecule has 1 heterocycles. The number of benzene rings is 2. The van der Waals surface area contributed by atoms with Crippen molar-refractivity contribution >= 4 is 40.5 Å². The molecule has 26 heavy (non-hydrogen) atoms. The number of hydrogen-bond acceptors (Lipinski definition) is 2. The van der Waals surface area contributed by atoms with Gasteiger partial charge in [0, 0.05) is 17.3 Å². The molecule has 0 aromatic heterocycles.